The van der Waals surface area contributed by atoms with E-state index in [0.29, 0.717) is 28.5 Å². The number of nitrogens with two attached hydrogens (primary N) is 2. The summed E-state index contributed by atoms with van der Waals surface area (Å²) in [6, 6.07) is 10.5. The molecule has 2 amide bonds. The highest BCUT2D eigenvalue weighted by molar-refractivity contribution is 6.04. The molecule has 6 N–H and O–H groups in total. The Labute approximate surface area is 186 Å². The number of benzene rings is 1. The molecule has 9 heteroatoms. The second-order valence-electron chi connectivity index (χ2n) is 7.84. The standard InChI is InChI=1S/C23H27N7O2/c1-2-14-10-12-27-18(13-14)28-23(32)16-8-6-15(7-9-16)19-20(21(24)31)30(25)22(29-19)17-5-3-4-11-26-17/h6-10,12-13,17,26H,2-5,11,25H2,1H3,(H2,24,31)(H,27,28,32)/t17-/m0/s1. The van der Waals surface area contributed by atoms with E-state index in [2.05, 4.69) is 20.6 Å². The zero-order valence-electron chi connectivity index (χ0n) is 18.0. The number of rotatable bonds is 6. The van der Waals surface area contributed by atoms with Crippen molar-refractivity contribution in [3.63, 3.8) is 0 Å². The fourth-order valence-electron chi connectivity index (χ4n) is 3.94. The van der Waals surface area contributed by atoms with E-state index in [1.807, 2.05) is 19.1 Å². The lowest BCUT2D eigenvalue weighted by molar-refractivity contribution is 0.0991. The molecule has 1 fully saturated rings. The van der Waals surface area contributed by atoms with Crippen molar-refractivity contribution in [2.24, 2.45) is 5.73 Å². The number of hydrogen-bond acceptors (Lipinski definition) is 6. The Bertz CT molecular complexity index is 1130. The van der Waals surface area contributed by atoms with E-state index >= 15 is 0 Å². The third-order valence-corrected chi connectivity index (χ3v) is 5.69. The van der Waals surface area contributed by atoms with Gasteiger partial charge in [0.1, 0.15) is 17.3 Å². The van der Waals surface area contributed by atoms with Crippen molar-refractivity contribution in [3.05, 3.63) is 65.2 Å². The summed E-state index contributed by atoms with van der Waals surface area (Å²) in [5.74, 6) is 6.36. The number of piperidine rings is 1. The van der Waals surface area contributed by atoms with Gasteiger partial charge in [0.25, 0.3) is 11.8 Å². The van der Waals surface area contributed by atoms with Gasteiger partial charge in [-0.2, -0.15) is 0 Å². The molecule has 4 rings (SSSR count). The van der Waals surface area contributed by atoms with Crippen molar-refractivity contribution >= 4 is 17.6 Å². The van der Waals surface area contributed by atoms with Gasteiger partial charge < -0.3 is 22.2 Å². The molecule has 0 bridgehead atoms. The van der Waals surface area contributed by atoms with Crippen molar-refractivity contribution < 1.29 is 9.59 Å². The summed E-state index contributed by atoms with van der Waals surface area (Å²) in [7, 11) is 0. The molecule has 3 aromatic rings. The van der Waals surface area contributed by atoms with E-state index in [-0.39, 0.29) is 17.6 Å². The predicted octanol–water partition coefficient (Wildman–Crippen LogP) is 2.39. The second kappa shape index (κ2) is 9.19. The molecule has 0 spiro atoms. The molecule has 9 nitrogen and oxygen atoms in total. The molecule has 0 unspecified atom stereocenters. The lowest BCUT2D eigenvalue weighted by Crippen LogP contribution is -2.32. The van der Waals surface area contributed by atoms with Gasteiger partial charge in [0, 0.05) is 17.3 Å². The van der Waals surface area contributed by atoms with Crippen LogP contribution in [0.5, 0.6) is 0 Å². The highest BCUT2D eigenvalue weighted by Crippen LogP contribution is 2.29. The second-order valence-corrected chi connectivity index (χ2v) is 7.84. The van der Waals surface area contributed by atoms with Gasteiger partial charge in [-0.1, -0.05) is 25.5 Å². The highest BCUT2D eigenvalue weighted by Gasteiger charge is 2.27. The minimum atomic E-state index is -0.652. The van der Waals surface area contributed by atoms with Crippen LogP contribution in [0.15, 0.2) is 42.6 Å². The molecular formula is C23H27N7O2. The van der Waals surface area contributed by atoms with Gasteiger partial charge in [0.05, 0.1) is 6.04 Å². The highest BCUT2D eigenvalue weighted by atomic mass is 16.2. The molecule has 32 heavy (non-hydrogen) atoms. The number of primary amides is 1. The summed E-state index contributed by atoms with van der Waals surface area (Å²) in [6.45, 7) is 2.91. The van der Waals surface area contributed by atoms with Gasteiger partial charge in [-0.05, 0) is 55.6 Å². The monoisotopic (exact) mass is 433 g/mol. The fraction of sp³-hybridized carbons (Fsp3) is 0.304. The number of carbonyl (C=O) groups excluding carboxylic acids is 2. The summed E-state index contributed by atoms with van der Waals surface area (Å²) < 4.78 is 1.29. The van der Waals surface area contributed by atoms with E-state index in [4.69, 9.17) is 11.6 Å². The Balaban J connectivity index is 1.59. The number of nitrogens with one attached hydrogen (secondary N) is 2. The van der Waals surface area contributed by atoms with Crippen LogP contribution in [0.25, 0.3) is 11.3 Å². The third kappa shape index (κ3) is 4.33. The predicted molar refractivity (Wildman–Crippen MR) is 122 cm³/mol. The van der Waals surface area contributed by atoms with Crippen LogP contribution >= 0.6 is 0 Å². The molecule has 0 saturated carbocycles. The zero-order valence-corrected chi connectivity index (χ0v) is 18.0. The molecule has 1 saturated heterocycles. The van der Waals surface area contributed by atoms with E-state index in [1.165, 1.54) is 4.68 Å². The number of nitrogens with zero attached hydrogens (tertiary/aromatic N) is 3. The molecule has 1 aliphatic rings. The van der Waals surface area contributed by atoms with Crippen molar-refractivity contribution in [2.45, 2.75) is 38.6 Å². The number of imidazole rings is 1. The number of carbonyl (C=O) groups is 2. The van der Waals surface area contributed by atoms with Gasteiger partial charge >= 0.3 is 0 Å². The minimum Gasteiger partial charge on any atom is -0.364 e. The quantitative estimate of drug-likeness (QED) is 0.440. The first kappa shape index (κ1) is 21.5. The maximum absolute atomic E-state index is 12.6. The third-order valence-electron chi connectivity index (χ3n) is 5.69. The normalized spacial score (nSPS) is 16.0. The van der Waals surface area contributed by atoms with Gasteiger partial charge in [0.15, 0.2) is 5.69 Å². The van der Waals surface area contributed by atoms with Crippen LogP contribution in [0.4, 0.5) is 5.82 Å². The topological polar surface area (TPSA) is 141 Å². The number of hydrogen-bond donors (Lipinski definition) is 4. The lowest BCUT2D eigenvalue weighted by atomic mass is 10.0. The summed E-state index contributed by atoms with van der Waals surface area (Å²) in [5.41, 5.74) is 8.37. The molecule has 0 radical (unpaired) electrons. The largest absolute Gasteiger partial charge is 0.364 e. The van der Waals surface area contributed by atoms with E-state index in [1.54, 1.807) is 30.5 Å². The SMILES string of the molecule is CCc1ccnc(NC(=O)c2ccc(-c3nc([C@@H]4CCCCN4)n(N)c3C(N)=O)cc2)c1. The number of aromatic nitrogens is 3. The number of amides is 2. The Kier molecular flexibility index (Phi) is 6.18. The number of aryl methyl sites for hydroxylation is 1. The van der Waals surface area contributed by atoms with Crippen molar-refractivity contribution in [2.75, 3.05) is 17.7 Å². The summed E-state index contributed by atoms with van der Waals surface area (Å²) in [6.07, 6.45) is 5.57. The van der Waals surface area contributed by atoms with Crippen LogP contribution in [0.2, 0.25) is 0 Å². The number of pyridine rings is 1. The zero-order chi connectivity index (χ0) is 22.7. The first-order chi connectivity index (χ1) is 15.5. The van der Waals surface area contributed by atoms with Gasteiger partial charge in [-0.25, -0.2) is 14.6 Å². The molecule has 1 aromatic carbocycles. The van der Waals surface area contributed by atoms with Gasteiger partial charge in [0.2, 0.25) is 0 Å². The van der Waals surface area contributed by atoms with Crippen LogP contribution in [-0.4, -0.2) is 33.0 Å². The Morgan fingerprint density at radius 1 is 1.22 bits per heavy atom. The average molecular weight is 434 g/mol. The van der Waals surface area contributed by atoms with E-state index in [9.17, 15) is 9.59 Å². The lowest BCUT2D eigenvalue weighted by Gasteiger charge is -2.22. The Hall–Kier alpha value is -3.72. The molecule has 1 aliphatic heterocycles. The first-order valence-electron chi connectivity index (χ1n) is 10.8. The van der Waals surface area contributed by atoms with Crippen molar-refractivity contribution in [1.82, 2.24) is 20.0 Å². The molecule has 0 aliphatic carbocycles. The fourth-order valence-corrected chi connectivity index (χ4v) is 3.94. The van der Waals surface area contributed by atoms with E-state index in [0.717, 1.165) is 37.8 Å². The Morgan fingerprint density at radius 3 is 2.66 bits per heavy atom. The molecule has 2 aromatic heterocycles. The van der Waals surface area contributed by atoms with Crippen molar-refractivity contribution in [1.29, 1.82) is 0 Å². The van der Waals surface area contributed by atoms with Crippen LogP contribution in [0.3, 0.4) is 0 Å². The number of nitrogen functional groups attached to an aromatic ring is 1. The smallest absolute Gasteiger partial charge is 0.269 e. The van der Waals surface area contributed by atoms with E-state index < -0.39 is 5.91 Å². The van der Waals surface area contributed by atoms with Crippen LogP contribution in [-0.2, 0) is 6.42 Å². The summed E-state index contributed by atoms with van der Waals surface area (Å²) in [5, 5.41) is 6.19. The van der Waals surface area contributed by atoms with Gasteiger partial charge in [-0.3, -0.25) is 9.59 Å². The maximum atomic E-state index is 12.6. The van der Waals surface area contributed by atoms with Crippen LogP contribution in [0.1, 0.15) is 64.5 Å². The average Bonchev–Trinajstić information content (AvgIpc) is 3.17. The van der Waals surface area contributed by atoms with Crippen LogP contribution < -0.4 is 22.2 Å². The molecule has 166 valence electrons. The minimum absolute atomic E-state index is 0.0305. The molecule has 3 heterocycles. The maximum Gasteiger partial charge on any atom is 0.269 e. The molecular weight excluding hydrogens is 406 g/mol. The van der Waals surface area contributed by atoms with Crippen LogP contribution in [0, 0.1) is 0 Å². The first-order valence-corrected chi connectivity index (χ1v) is 10.8. The molecule has 1 atom stereocenters. The Morgan fingerprint density at radius 2 is 2.00 bits per heavy atom. The van der Waals surface area contributed by atoms with Gasteiger partial charge in [-0.15, -0.1) is 0 Å². The number of anilines is 1. The van der Waals surface area contributed by atoms with Crippen molar-refractivity contribution in [3.8, 4) is 11.3 Å². The summed E-state index contributed by atoms with van der Waals surface area (Å²) >= 11 is 0. The summed E-state index contributed by atoms with van der Waals surface area (Å²) in [4.78, 5) is 33.6.